The summed E-state index contributed by atoms with van der Waals surface area (Å²) in [6, 6.07) is 24.7. The Morgan fingerprint density at radius 3 is 1.68 bits per heavy atom. The molecule has 3 fully saturated rings. The molecule has 35 nitrogen and oxygen atoms in total. The van der Waals surface area contributed by atoms with Crippen LogP contribution in [0.25, 0.3) is 10.1 Å². The first-order chi connectivity index (χ1) is 51.5. The van der Waals surface area contributed by atoms with Crippen LogP contribution in [0.3, 0.4) is 0 Å². The number of aliphatic hydroxyl groups excluding tert-OH is 5. The van der Waals surface area contributed by atoms with Gasteiger partial charge in [-0.2, -0.15) is 35.5 Å². The smallest absolute Gasteiger partial charge is 0.333 e. The summed E-state index contributed by atoms with van der Waals surface area (Å²) in [5, 5.41) is 85.1. The molecule has 0 bridgehead atoms. The Labute approximate surface area is 628 Å². The number of ketones is 3. The van der Waals surface area contributed by atoms with E-state index < -0.39 is 128 Å². The van der Waals surface area contributed by atoms with Gasteiger partial charge in [0.15, 0.2) is 5.78 Å². The number of thiophene rings is 1. The fourth-order valence-electron chi connectivity index (χ4n) is 13.3. The van der Waals surface area contributed by atoms with E-state index >= 15 is 0 Å². The minimum absolute atomic E-state index is 0.0427. The summed E-state index contributed by atoms with van der Waals surface area (Å²) < 4.78 is 102. The van der Waals surface area contributed by atoms with Crippen LogP contribution >= 0.6 is 27.3 Å². The SMILES string of the molecule is NS(=O)(=O)OC[C@H]1C[C@@H](Nc2ncncc2C(=O)c2ccn(C3CCc4ccccc43)n2)[C@H](O)[C@@H]1O.NS(=O)(=O)OC[C@H]1C[C@@H](Nc2ncncc2C(=O)c2ccn(Cc3cc(Br)ccn3)n2)[C@H](O)[C@@H]1O.NS(=O)(=O)OC[C@H]1C[C@@H](Nc2ncncc2C(=O)c2ccn(Cc3cc4ccccc4s3)c2)[C@@H](F)[C@@H]1O. The van der Waals surface area contributed by atoms with Crippen molar-refractivity contribution in [1.29, 1.82) is 0 Å². The predicted molar refractivity (Wildman–Crippen MR) is 389 cm³/mol. The second-order valence-electron chi connectivity index (χ2n) is 25.9. The van der Waals surface area contributed by atoms with Crippen molar-refractivity contribution in [3.63, 3.8) is 0 Å². The lowest BCUT2D eigenvalue weighted by Gasteiger charge is -2.19. The van der Waals surface area contributed by atoms with Gasteiger partial charge in [0, 0.05) is 86.9 Å². The third kappa shape index (κ3) is 19.4. The summed E-state index contributed by atoms with van der Waals surface area (Å²) in [5.74, 6) is -2.98. The lowest BCUT2D eigenvalue weighted by atomic mass is 10.1. The number of nitrogens with two attached hydrogens (primary N) is 3. The molecule has 0 amide bonds. The first kappa shape index (κ1) is 78.3. The molecule has 8 heterocycles. The monoisotopic (exact) mass is 1630 g/mol. The van der Waals surface area contributed by atoms with E-state index in [9.17, 15) is 69.6 Å². The number of hydrogen-bond donors (Lipinski definition) is 11. The van der Waals surface area contributed by atoms with E-state index in [0.717, 1.165) is 27.9 Å². The van der Waals surface area contributed by atoms with Crippen molar-refractivity contribution < 1.29 is 82.1 Å². The maximum Gasteiger partial charge on any atom is 0.333 e. The number of nitrogens with one attached hydrogen (secondary N) is 3. The highest BCUT2D eigenvalue weighted by atomic mass is 79.9. The third-order valence-electron chi connectivity index (χ3n) is 18.6. The van der Waals surface area contributed by atoms with Crippen LogP contribution in [0.4, 0.5) is 21.8 Å². The van der Waals surface area contributed by atoms with E-state index in [1.807, 2.05) is 41.1 Å². The maximum absolute atomic E-state index is 14.8. The molecule has 2 aromatic carbocycles. The molecule has 14 rings (SSSR count). The average molecular weight is 1630 g/mol. The molecule has 14 N–H and O–H groups in total. The van der Waals surface area contributed by atoms with E-state index in [0.29, 0.717) is 18.7 Å². The number of halogens is 2. The molecule has 8 aromatic heterocycles. The van der Waals surface area contributed by atoms with Gasteiger partial charge in [-0.3, -0.25) is 41.3 Å². The van der Waals surface area contributed by atoms with Crippen molar-refractivity contribution in [2.45, 2.75) is 106 Å². The minimum Gasteiger partial charge on any atom is -0.390 e. The lowest BCUT2D eigenvalue weighted by Crippen LogP contribution is -2.36. The van der Waals surface area contributed by atoms with Crippen LogP contribution in [0, 0.1) is 17.8 Å². The number of aryl methyl sites for hydroxylation is 1. The molecule has 10 aromatic rings. The molecule has 1 unspecified atom stereocenters. The summed E-state index contributed by atoms with van der Waals surface area (Å²) in [6.07, 6.45) is 10.3. The van der Waals surface area contributed by atoms with Crippen molar-refractivity contribution in [1.82, 2.24) is 59.0 Å². The van der Waals surface area contributed by atoms with E-state index in [-0.39, 0.29) is 83.2 Å². The van der Waals surface area contributed by atoms with Gasteiger partial charge in [0.05, 0.1) is 97.8 Å². The molecular formula is C67H72BrFN18O17S4. The van der Waals surface area contributed by atoms with Gasteiger partial charge in [-0.25, -0.2) is 49.7 Å². The molecular weight excluding hydrogens is 1560 g/mol. The number of rotatable bonds is 26. The number of aromatic nitrogens is 12. The molecule has 570 valence electrons. The van der Waals surface area contributed by atoms with Crippen LogP contribution in [-0.4, -0.2) is 202 Å². The molecule has 0 saturated heterocycles. The zero-order valence-corrected chi connectivity index (χ0v) is 61.5. The summed E-state index contributed by atoms with van der Waals surface area (Å²) >= 11 is 5.08. The summed E-state index contributed by atoms with van der Waals surface area (Å²) in [4.78, 5) is 69.4. The Hall–Kier alpha value is -9.28. The van der Waals surface area contributed by atoms with Crippen LogP contribution in [0.1, 0.15) is 101 Å². The minimum atomic E-state index is -4.22. The number of pyridine rings is 1. The normalized spacial score (nSPS) is 23.3. The molecule has 0 radical (unpaired) electrons. The molecule has 4 aliphatic rings. The number of aliphatic hydroxyl groups is 5. The molecule has 0 aliphatic heterocycles. The molecule has 3 saturated carbocycles. The maximum atomic E-state index is 14.8. The molecule has 41 heteroatoms. The van der Waals surface area contributed by atoms with E-state index in [4.69, 9.17) is 15.4 Å². The summed E-state index contributed by atoms with van der Waals surface area (Å²) in [6.45, 7) is -0.269. The van der Waals surface area contributed by atoms with E-state index in [1.54, 1.807) is 69.8 Å². The number of benzene rings is 2. The van der Waals surface area contributed by atoms with Crippen molar-refractivity contribution in [3.05, 3.63) is 213 Å². The van der Waals surface area contributed by atoms with Gasteiger partial charge in [-0.1, -0.05) is 58.4 Å². The fourth-order valence-corrected chi connectivity index (χ4v) is 15.8. The van der Waals surface area contributed by atoms with Crippen LogP contribution in [0.5, 0.6) is 0 Å². The Balaban J connectivity index is 0.000000151. The largest absolute Gasteiger partial charge is 0.390 e. The fraction of sp³-hybridized carbons (Fsp3) is 0.343. The van der Waals surface area contributed by atoms with E-state index in [1.165, 1.54) is 58.8 Å². The summed E-state index contributed by atoms with van der Waals surface area (Å²) in [7, 11) is -12.6. The van der Waals surface area contributed by atoms with E-state index in [2.05, 4.69) is 120 Å². The topological polar surface area (TPSA) is 527 Å². The number of alkyl halides is 1. The van der Waals surface area contributed by atoms with Crippen LogP contribution < -0.4 is 31.4 Å². The Morgan fingerprint density at radius 2 is 1.10 bits per heavy atom. The highest BCUT2D eigenvalue weighted by Gasteiger charge is 2.46. The van der Waals surface area contributed by atoms with Crippen molar-refractivity contribution in [3.8, 4) is 0 Å². The van der Waals surface area contributed by atoms with Crippen molar-refractivity contribution >= 4 is 103 Å². The molecule has 0 spiro atoms. The van der Waals surface area contributed by atoms with Gasteiger partial charge in [0.1, 0.15) is 66.2 Å². The number of anilines is 3. The lowest BCUT2D eigenvalue weighted by molar-refractivity contribution is 0.00774. The third-order valence-corrected chi connectivity index (χ3v) is 21.6. The quantitative estimate of drug-likeness (QED) is 0.0347. The standard InChI is InChI=1S/C24H24FN5O5S2.C23H26N6O6S.C20H22BrN7O6S/c25-21-19(8-16(23(21)32)12-35-37(26,33)34)29-24-18(9-27-13-28-24)22(31)15-5-6-30(10-15)11-17-7-14-3-1-2-4-20(14)36-17;24-36(33,34)35-11-14-9-18(22(32)20(14)30)27-23-16(10-25-12-26-23)21(31)17-7-8-29(28-17)19-6-5-13-3-1-2-4-15(13)19;21-12-1-3-24-13(6-12)8-28-4-2-15(27-28)18(30)14-7-23-10-25-20(14)26-16-5-11(17(29)19(16)31)9-34-35(22,32)33/h1-7,9-10,13,16,19,21,23,32H,8,11-12H2,(H2,26,33,34)(H,27,28,29);1-4,7-8,10,12,14,18-20,22,30,32H,5-6,9,11H2,(H2,24,33,34)(H,25,26,27);1-4,6-7,10-11,16-17,19,29,31H,5,8-9H2,(H2,22,32,33)(H,23,25,26)/t16-,19-,21-,23-;14-,18-,19?,20-,22+;11-,16-,17-,19+/m111/s1. The zero-order valence-electron chi connectivity index (χ0n) is 56.6. The number of nitrogens with zero attached hydrogens (tertiary/aromatic N) is 12. The van der Waals surface area contributed by atoms with Gasteiger partial charge >= 0.3 is 30.9 Å². The number of carbonyl (C=O) groups excluding carboxylic acids is 3. The van der Waals surface area contributed by atoms with Crippen molar-refractivity contribution in [2.75, 3.05) is 35.8 Å². The predicted octanol–water partition coefficient (Wildman–Crippen LogP) is 2.53. The van der Waals surface area contributed by atoms with Gasteiger partial charge in [-0.05, 0) is 91.1 Å². The second kappa shape index (κ2) is 33.7. The summed E-state index contributed by atoms with van der Waals surface area (Å²) in [5.41, 5.74) is 4.44. The van der Waals surface area contributed by atoms with Crippen LogP contribution in [-0.2, 0) is 63.0 Å². The Bertz CT molecular complexity index is 5220. The highest BCUT2D eigenvalue weighted by molar-refractivity contribution is 9.10. The molecule has 13 atom stereocenters. The van der Waals surface area contributed by atoms with Crippen LogP contribution in [0.15, 0.2) is 158 Å². The second-order valence-corrected chi connectivity index (χ2v) is 31.7. The highest BCUT2D eigenvalue weighted by Crippen LogP contribution is 2.37. The molecule has 4 aliphatic carbocycles. The number of fused-ring (bicyclic) bond motifs is 2. The molecule has 108 heavy (non-hydrogen) atoms. The average Bonchev–Trinajstić information content (AvgIpc) is 1.64. The Morgan fingerprint density at radius 1 is 0.583 bits per heavy atom. The zero-order chi connectivity index (χ0) is 76.8. The van der Waals surface area contributed by atoms with Gasteiger partial charge < -0.3 is 46.1 Å². The van der Waals surface area contributed by atoms with Crippen molar-refractivity contribution in [2.24, 2.45) is 33.2 Å². The Kier molecular flexibility index (Phi) is 24.4. The van der Waals surface area contributed by atoms with Gasteiger partial charge in [0.25, 0.3) is 0 Å². The van der Waals surface area contributed by atoms with Gasteiger partial charge in [-0.15, -0.1) is 11.3 Å². The van der Waals surface area contributed by atoms with Gasteiger partial charge in [0.2, 0.25) is 11.6 Å². The number of hydrogen-bond acceptors (Lipinski definition) is 30. The first-order valence-corrected chi connectivity index (χ1v) is 39.3. The first-order valence-electron chi connectivity index (χ1n) is 33.3. The number of carbonyl (C=O) groups is 3. The van der Waals surface area contributed by atoms with Crippen LogP contribution in [0.2, 0.25) is 0 Å².